The molecule has 0 aromatic carbocycles. The van der Waals surface area contributed by atoms with Crippen LogP contribution in [-0.2, 0) is 4.79 Å². The molecule has 0 spiro atoms. The van der Waals surface area contributed by atoms with Gasteiger partial charge in [0.1, 0.15) is 0 Å². The molecule has 0 fully saturated rings. The van der Waals surface area contributed by atoms with Gasteiger partial charge in [-0.1, -0.05) is 88.3 Å². The highest BCUT2D eigenvalue weighted by molar-refractivity contribution is 5.68. The summed E-state index contributed by atoms with van der Waals surface area (Å²) < 4.78 is 0. The Bertz CT molecular complexity index is 327. The lowest BCUT2D eigenvalue weighted by Crippen LogP contribution is -1.89. The Hall–Kier alpha value is -1.31. The average Bonchev–Trinajstić information content (AvgIpc) is 2.50. The molecule has 0 aliphatic heterocycles. The van der Waals surface area contributed by atoms with Crippen LogP contribution in [0.15, 0.2) is 36.5 Å². The summed E-state index contributed by atoms with van der Waals surface area (Å²) >= 11 is 0. The van der Waals surface area contributed by atoms with Gasteiger partial charge >= 0.3 is 5.97 Å². The minimum Gasteiger partial charge on any atom is -0.481 e. The normalized spacial score (nSPS) is 12.0. The maximum absolute atomic E-state index is 10.3. The molecule has 0 aromatic rings. The number of carbonyl (C=O) groups is 1. The van der Waals surface area contributed by atoms with Gasteiger partial charge in [-0.05, 0) is 25.7 Å². The van der Waals surface area contributed by atoms with Gasteiger partial charge in [-0.15, -0.1) is 0 Å². The lowest BCUT2D eigenvalue weighted by Gasteiger charge is -1.99. The third-order valence-corrected chi connectivity index (χ3v) is 3.56. The van der Waals surface area contributed by atoms with Crippen molar-refractivity contribution < 1.29 is 9.90 Å². The maximum atomic E-state index is 10.3. The third kappa shape index (κ3) is 18.7. The molecule has 0 atom stereocenters. The number of aliphatic carboxylic acids is 1. The van der Waals surface area contributed by atoms with Crippen LogP contribution in [0, 0.1) is 0 Å². The Morgan fingerprint density at radius 3 is 1.82 bits per heavy atom. The Morgan fingerprint density at radius 1 is 0.727 bits per heavy atom. The SMILES string of the molecule is CCCCCCCCCC/C=C\C/C=C\C/C=C\CC(=O)O. The predicted molar refractivity (Wildman–Crippen MR) is 96.1 cm³/mol. The molecule has 0 bridgehead atoms. The van der Waals surface area contributed by atoms with Gasteiger partial charge in [0.2, 0.25) is 0 Å². The van der Waals surface area contributed by atoms with Gasteiger partial charge in [0.15, 0.2) is 0 Å². The largest absolute Gasteiger partial charge is 0.481 e. The summed E-state index contributed by atoms with van der Waals surface area (Å²) in [6, 6.07) is 0. The molecule has 0 aromatic heterocycles. The highest BCUT2D eigenvalue weighted by Gasteiger charge is 1.90. The third-order valence-electron chi connectivity index (χ3n) is 3.56. The van der Waals surface area contributed by atoms with Crippen molar-refractivity contribution in [2.24, 2.45) is 0 Å². The number of allylic oxidation sites excluding steroid dienone is 5. The molecule has 0 rings (SSSR count). The van der Waals surface area contributed by atoms with E-state index in [1.54, 1.807) is 6.08 Å². The van der Waals surface area contributed by atoms with Gasteiger partial charge in [0, 0.05) is 0 Å². The fourth-order valence-electron chi connectivity index (χ4n) is 2.24. The zero-order valence-corrected chi connectivity index (χ0v) is 14.3. The highest BCUT2D eigenvalue weighted by Crippen LogP contribution is 2.09. The Morgan fingerprint density at radius 2 is 1.23 bits per heavy atom. The summed E-state index contributed by atoms with van der Waals surface area (Å²) in [5.74, 6) is -0.774. The van der Waals surface area contributed by atoms with Gasteiger partial charge in [-0.25, -0.2) is 0 Å². The van der Waals surface area contributed by atoms with Crippen molar-refractivity contribution in [3.63, 3.8) is 0 Å². The minimum absolute atomic E-state index is 0.117. The van der Waals surface area contributed by atoms with Crippen molar-refractivity contribution in [2.45, 2.75) is 84.0 Å². The second-order valence-electron chi connectivity index (χ2n) is 5.75. The fourth-order valence-corrected chi connectivity index (χ4v) is 2.24. The average molecular weight is 306 g/mol. The minimum atomic E-state index is -0.774. The number of hydrogen-bond acceptors (Lipinski definition) is 1. The summed E-state index contributed by atoms with van der Waals surface area (Å²) in [5.41, 5.74) is 0. The van der Waals surface area contributed by atoms with Crippen molar-refractivity contribution in [2.75, 3.05) is 0 Å². The van der Waals surface area contributed by atoms with E-state index in [1.807, 2.05) is 6.08 Å². The first kappa shape index (κ1) is 20.7. The number of unbranched alkanes of at least 4 members (excludes halogenated alkanes) is 8. The van der Waals surface area contributed by atoms with E-state index in [4.69, 9.17) is 5.11 Å². The van der Waals surface area contributed by atoms with Crippen LogP contribution in [-0.4, -0.2) is 11.1 Å². The van der Waals surface area contributed by atoms with Gasteiger partial charge in [0.05, 0.1) is 6.42 Å². The molecule has 2 heteroatoms. The van der Waals surface area contributed by atoms with Crippen LogP contribution in [0.2, 0.25) is 0 Å². The monoisotopic (exact) mass is 306 g/mol. The number of rotatable bonds is 15. The zero-order valence-electron chi connectivity index (χ0n) is 14.3. The summed E-state index contributed by atoms with van der Waals surface area (Å²) in [6.45, 7) is 2.26. The second kappa shape index (κ2) is 17.7. The van der Waals surface area contributed by atoms with Crippen LogP contribution in [0.1, 0.15) is 84.0 Å². The highest BCUT2D eigenvalue weighted by atomic mass is 16.4. The van der Waals surface area contributed by atoms with E-state index in [0.717, 1.165) is 12.8 Å². The first-order chi connectivity index (χ1) is 10.8. The molecular weight excluding hydrogens is 272 g/mol. The van der Waals surface area contributed by atoms with Crippen LogP contribution in [0.3, 0.4) is 0 Å². The standard InChI is InChI=1S/C20H34O2/c1-2-3-4-5-6-7-8-9-10-11-12-13-14-15-16-17-18-19-20(21)22/h11-12,14-15,17-18H,2-10,13,16,19H2,1H3,(H,21,22)/b12-11-,15-14-,18-17-. The van der Waals surface area contributed by atoms with E-state index in [1.165, 1.54) is 57.8 Å². The van der Waals surface area contributed by atoms with Crippen LogP contribution >= 0.6 is 0 Å². The molecular formula is C20H34O2. The maximum Gasteiger partial charge on any atom is 0.307 e. The first-order valence-electron chi connectivity index (χ1n) is 8.94. The van der Waals surface area contributed by atoms with Crippen LogP contribution in [0.25, 0.3) is 0 Å². The molecule has 0 unspecified atom stereocenters. The number of carboxylic acid groups (broad SMARTS) is 1. The molecule has 22 heavy (non-hydrogen) atoms. The molecule has 0 heterocycles. The number of carboxylic acids is 1. The van der Waals surface area contributed by atoms with Crippen molar-refractivity contribution in [3.05, 3.63) is 36.5 Å². The lowest BCUT2D eigenvalue weighted by atomic mass is 10.1. The Kier molecular flexibility index (Phi) is 16.7. The Balaban J connectivity index is 3.26. The fraction of sp³-hybridized carbons (Fsp3) is 0.650. The van der Waals surface area contributed by atoms with E-state index in [0.29, 0.717) is 0 Å². The van der Waals surface area contributed by atoms with E-state index in [2.05, 4.69) is 31.2 Å². The van der Waals surface area contributed by atoms with Crippen LogP contribution in [0.5, 0.6) is 0 Å². The Labute approximate surface area is 137 Å². The molecule has 0 aliphatic carbocycles. The molecule has 0 amide bonds. The van der Waals surface area contributed by atoms with E-state index in [-0.39, 0.29) is 6.42 Å². The molecule has 0 aliphatic rings. The smallest absolute Gasteiger partial charge is 0.307 e. The molecule has 126 valence electrons. The van der Waals surface area contributed by atoms with Gasteiger partial charge < -0.3 is 5.11 Å². The van der Waals surface area contributed by atoms with Crippen molar-refractivity contribution >= 4 is 5.97 Å². The lowest BCUT2D eigenvalue weighted by molar-refractivity contribution is -0.136. The topological polar surface area (TPSA) is 37.3 Å². The summed E-state index contributed by atoms with van der Waals surface area (Å²) in [6.07, 6.45) is 26.4. The molecule has 1 N–H and O–H groups in total. The van der Waals surface area contributed by atoms with Crippen molar-refractivity contribution in [3.8, 4) is 0 Å². The second-order valence-corrected chi connectivity index (χ2v) is 5.75. The first-order valence-corrected chi connectivity index (χ1v) is 8.94. The van der Waals surface area contributed by atoms with Gasteiger partial charge in [0.25, 0.3) is 0 Å². The zero-order chi connectivity index (χ0) is 16.3. The van der Waals surface area contributed by atoms with E-state index < -0.39 is 5.97 Å². The van der Waals surface area contributed by atoms with Crippen molar-refractivity contribution in [1.29, 1.82) is 0 Å². The molecule has 0 saturated carbocycles. The van der Waals surface area contributed by atoms with Crippen LogP contribution < -0.4 is 0 Å². The molecule has 0 saturated heterocycles. The summed E-state index contributed by atoms with van der Waals surface area (Å²) in [4.78, 5) is 10.3. The van der Waals surface area contributed by atoms with Gasteiger partial charge in [-0.3, -0.25) is 4.79 Å². The number of hydrogen-bond donors (Lipinski definition) is 1. The quantitative estimate of drug-likeness (QED) is 0.279. The summed E-state index contributed by atoms with van der Waals surface area (Å²) in [7, 11) is 0. The molecule has 2 nitrogen and oxygen atoms in total. The predicted octanol–water partition coefficient (Wildman–Crippen LogP) is 6.44. The van der Waals surface area contributed by atoms with E-state index >= 15 is 0 Å². The van der Waals surface area contributed by atoms with Gasteiger partial charge in [-0.2, -0.15) is 0 Å². The van der Waals surface area contributed by atoms with E-state index in [9.17, 15) is 4.79 Å². The van der Waals surface area contributed by atoms with Crippen LogP contribution in [0.4, 0.5) is 0 Å². The summed E-state index contributed by atoms with van der Waals surface area (Å²) in [5, 5.41) is 8.46. The van der Waals surface area contributed by atoms with Crippen molar-refractivity contribution in [1.82, 2.24) is 0 Å². The molecule has 0 radical (unpaired) electrons.